The van der Waals surface area contributed by atoms with Gasteiger partial charge in [0, 0.05) is 13.0 Å². The topological polar surface area (TPSA) is 126 Å². The van der Waals surface area contributed by atoms with Gasteiger partial charge in [-0.1, -0.05) is 0 Å². The van der Waals surface area contributed by atoms with E-state index >= 15 is 0 Å². The summed E-state index contributed by atoms with van der Waals surface area (Å²) in [5.74, 6) is -1.30. The van der Waals surface area contributed by atoms with Gasteiger partial charge in [0.2, 0.25) is 5.91 Å². The largest absolute Gasteiger partial charge is 0.480 e. The maximum absolute atomic E-state index is 11.7. The molecule has 0 aliphatic rings. The van der Waals surface area contributed by atoms with Gasteiger partial charge in [-0.25, -0.2) is 4.79 Å². The summed E-state index contributed by atoms with van der Waals surface area (Å²) in [7, 11) is 0. The van der Waals surface area contributed by atoms with Crippen LogP contribution in [0, 0.1) is 0 Å². The quantitative estimate of drug-likeness (QED) is 0.609. The van der Waals surface area contributed by atoms with Crippen LogP contribution in [-0.4, -0.2) is 47.5 Å². The van der Waals surface area contributed by atoms with Gasteiger partial charge in [0.25, 0.3) is 0 Å². The van der Waals surface area contributed by atoms with Crippen LogP contribution >= 0.6 is 0 Å². The molecule has 0 saturated heterocycles. The van der Waals surface area contributed by atoms with Gasteiger partial charge in [-0.15, -0.1) is 0 Å². The van der Waals surface area contributed by atoms with Gasteiger partial charge in [-0.3, -0.25) is 9.59 Å². The van der Waals surface area contributed by atoms with Crippen LogP contribution in [-0.2, 0) is 16.0 Å². The molecule has 0 saturated carbocycles. The van der Waals surface area contributed by atoms with Gasteiger partial charge in [0.1, 0.15) is 18.8 Å². The number of carboxylic acids is 1. The summed E-state index contributed by atoms with van der Waals surface area (Å²) >= 11 is 0. The average Bonchev–Trinajstić information content (AvgIpc) is 2.79. The van der Waals surface area contributed by atoms with E-state index < -0.39 is 31.0 Å². The van der Waals surface area contributed by atoms with Crippen LogP contribution in [0.1, 0.15) is 5.76 Å². The van der Waals surface area contributed by atoms with Gasteiger partial charge in [0.15, 0.2) is 0 Å². The molecule has 104 valence electrons. The molecule has 0 fully saturated rings. The number of amides is 3. The lowest BCUT2D eigenvalue weighted by molar-refractivity contribution is -0.137. The molecule has 1 heterocycles. The molecule has 0 radical (unpaired) electrons. The Balaban J connectivity index is 2.42. The number of carbonyl (C=O) groups is 3. The zero-order chi connectivity index (χ0) is 14.3. The number of aliphatic carboxylic acids is 1. The maximum atomic E-state index is 11.7. The molecule has 0 spiro atoms. The Morgan fingerprint density at radius 2 is 2.11 bits per heavy atom. The molecule has 0 aliphatic heterocycles. The summed E-state index contributed by atoms with van der Waals surface area (Å²) in [6, 6.07) is 2.82. The third-order valence-corrected chi connectivity index (χ3v) is 2.19. The summed E-state index contributed by atoms with van der Waals surface area (Å²) in [5, 5.41) is 11.1. The van der Waals surface area contributed by atoms with E-state index in [2.05, 4.69) is 5.32 Å². The van der Waals surface area contributed by atoms with Crippen molar-refractivity contribution in [3.63, 3.8) is 0 Å². The third kappa shape index (κ3) is 5.57. The zero-order valence-corrected chi connectivity index (χ0v) is 10.2. The van der Waals surface area contributed by atoms with Crippen molar-refractivity contribution in [3.05, 3.63) is 24.2 Å². The lowest BCUT2D eigenvalue weighted by Crippen LogP contribution is -2.47. The van der Waals surface area contributed by atoms with Gasteiger partial charge < -0.3 is 25.5 Å². The number of carboxylic acid groups (broad SMARTS) is 1. The highest BCUT2D eigenvalue weighted by Gasteiger charge is 2.18. The fourth-order valence-corrected chi connectivity index (χ4v) is 1.41. The minimum Gasteiger partial charge on any atom is -0.480 e. The Hall–Kier alpha value is -2.51. The number of rotatable bonds is 7. The number of nitrogens with zero attached hydrogens (tertiary/aromatic N) is 1. The number of carbonyl (C=O) groups excluding carboxylic acids is 2. The smallest absolute Gasteiger partial charge is 0.323 e. The fourth-order valence-electron chi connectivity index (χ4n) is 1.41. The van der Waals surface area contributed by atoms with E-state index in [1.165, 1.54) is 6.26 Å². The molecule has 4 N–H and O–H groups in total. The molecule has 0 aromatic carbocycles. The van der Waals surface area contributed by atoms with Crippen molar-refractivity contribution in [2.45, 2.75) is 6.42 Å². The van der Waals surface area contributed by atoms with Crippen molar-refractivity contribution in [2.75, 3.05) is 19.6 Å². The van der Waals surface area contributed by atoms with Crippen LogP contribution in [0.5, 0.6) is 0 Å². The lowest BCUT2D eigenvalue weighted by Gasteiger charge is -2.19. The van der Waals surface area contributed by atoms with Gasteiger partial charge in [-0.2, -0.15) is 0 Å². The molecule has 3 amide bonds. The normalized spacial score (nSPS) is 9.89. The van der Waals surface area contributed by atoms with Crippen molar-refractivity contribution in [3.8, 4) is 0 Å². The first-order valence-corrected chi connectivity index (χ1v) is 5.54. The highest BCUT2D eigenvalue weighted by molar-refractivity contribution is 5.85. The van der Waals surface area contributed by atoms with E-state index in [1.54, 1.807) is 12.1 Å². The van der Waals surface area contributed by atoms with Crippen LogP contribution in [0.3, 0.4) is 0 Å². The number of nitrogens with one attached hydrogen (secondary N) is 1. The molecule has 0 bridgehead atoms. The first kappa shape index (κ1) is 14.6. The number of nitrogens with two attached hydrogens (primary N) is 1. The van der Waals surface area contributed by atoms with Crippen LogP contribution in [0.25, 0.3) is 0 Å². The Bertz CT molecular complexity index is 427. The molecular weight excluding hydrogens is 254 g/mol. The summed E-state index contributed by atoms with van der Waals surface area (Å²) < 4.78 is 5.07. The summed E-state index contributed by atoms with van der Waals surface area (Å²) in [6.45, 7) is -0.768. The molecule has 8 heteroatoms. The van der Waals surface area contributed by atoms with Crippen molar-refractivity contribution >= 4 is 17.9 Å². The second kappa shape index (κ2) is 7.04. The predicted molar refractivity (Wildman–Crippen MR) is 64.2 cm³/mol. The second-order valence-electron chi connectivity index (χ2n) is 3.78. The number of urea groups is 1. The van der Waals surface area contributed by atoms with E-state index in [0.29, 0.717) is 12.2 Å². The highest BCUT2D eigenvalue weighted by atomic mass is 16.4. The van der Waals surface area contributed by atoms with E-state index in [0.717, 1.165) is 4.90 Å². The standard InChI is InChI=1S/C11H15N3O5/c12-9(15)6-14(7-10(16)17)11(18)13-4-3-8-2-1-5-19-8/h1-2,5H,3-4,6-7H2,(H2,12,15)(H,13,18)(H,16,17). The van der Waals surface area contributed by atoms with Crippen molar-refractivity contribution in [1.29, 1.82) is 0 Å². The lowest BCUT2D eigenvalue weighted by atomic mass is 10.3. The van der Waals surface area contributed by atoms with Crippen molar-refractivity contribution in [2.24, 2.45) is 5.73 Å². The Labute approximate surface area is 109 Å². The Kier molecular flexibility index (Phi) is 5.39. The first-order valence-electron chi connectivity index (χ1n) is 5.54. The predicted octanol–water partition coefficient (Wildman–Crippen LogP) is -0.596. The molecule has 1 aromatic heterocycles. The van der Waals surface area contributed by atoms with Gasteiger partial charge in [0.05, 0.1) is 6.26 Å². The van der Waals surface area contributed by atoms with Crippen LogP contribution < -0.4 is 11.1 Å². The Morgan fingerprint density at radius 1 is 1.37 bits per heavy atom. The zero-order valence-electron chi connectivity index (χ0n) is 10.2. The highest BCUT2D eigenvalue weighted by Crippen LogP contribution is 1.99. The number of hydrogen-bond donors (Lipinski definition) is 3. The van der Waals surface area contributed by atoms with Crippen LogP contribution in [0.15, 0.2) is 22.8 Å². The summed E-state index contributed by atoms with van der Waals surface area (Å²) in [6.07, 6.45) is 1.98. The van der Waals surface area contributed by atoms with Crippen molar-refractivity contribution in [1.82, 2.24) is 10.2 Å². The van der Waals surface area contributed by atoms with Gasteiger partial charge >= 0.3 is 12.0 Å². The minimum atomic E-state index is -1.22. The monoisotopic (exact) mass is 269 g/mol. The SMILES string of the molecule is NC(=O)CN(CC(=O)O)C(=O)NCCc1ccco1. The number of hydrogen-bond acceptors (Lipinski definition) is 4. The van der Waals surface area contributed by atoms with E-state index in [4.69, 9.17) is 15.3 Å². The fraction of sp³-hybridized carbons (Fsp3) is 0.364. The van der Waals surface area contributed by atoms with E-state index in [9.17, 15) is 14.4 Å². The maximum Gasteiger partial charge on any atom is 0.323 e. The molecule has 8 nitrogen and oxygen atoms in total. The minimum absolute atomic E-state index is 0.265. The summed E-state index contributed by atoms with van der Waals surface area (Å²) in [4.78, 5) is 33.8. The van der Waals surface area contributed by atoms with Crippen LogP contribution in [0.4, 0.5) is 4.79 Å². The third-order valence-electron chi connectivity index (χ3n) is 2.19. The molecule has 19 heavy (non-hydrogen) atoms. The Morgan fingerprint density at radius 3 is 2.63 bits per heavy atom. The van der Waals surface area contributed by atoms with Crippen molar-refractivity contribution < 1.29 is 23.9 Å². The van der Waals surface area contributed by atoms with Gasteiger partial charge in [-0.05, 0) is 12.1 Å². The molecule has 1 aromatic rings. The molecule has 0 unspecified atom stereocenters. The molecule has 1 rings (SSSR count). The molecule has 0 aliphatic carbocycles. The van der Waals surface area contributed by atoms with Crippen LogP contribution in [0.2, 0.25) is 0 Å². The van der Waals surface area contributed by atoms with E-state index in [-0.39, 0.29) is 6.54 Å². The number of furan rings is 1. The molecular formula is C11H15N3O5. The number of primary amides is 1. The second-order valence-corrected chi connectivity index (χ2v) is 3.78. The summed E-state index contributed by atoms with van der Waals surface area (Å²) in [5.41, 5.74) is 4.94. The van der Waals surface area contributed by atoms with E-state index in [1.807, 2.05) is 0 Å². The average molecular weight is 269 g/mol. The molecule has 0 atom stereocenters. The first-order chi connectivity index (χ1) is 8.99.